The summed E-state index contributed by atoms with van der Waals surface area (Å²) in [5, 5.41) is 0. The molecule has 188 valence electrons. The molecule has 1 fully saturated rings. The van der Waals surface area contributed by atoms with Crippen LogP contribution in [-0.2, 0) is 19.5 Å². The minimum atomic E-state index is -0.230. The van der Waals surface area contributed by atoms with Crippen LogP contribution in [0.5, 0.6) is 5.75 Å². The molecule has 0 spiro atoms. The first-order valence-electron chi connectivity index (χ1n) is 12.1. The Morgan fingerprint density at radius 1 is 0.886 bits per heavy atom. The molecular weight excluding hydrogens is 464 g/mol. The molecule has 0 amide bonds. The molecule has 1 aliphatic heterocycles. The third kappa shape index (κ3) is 6.35. The van der Waals surface area contributed by atoms with Gasteiger partial charge in [-0.05, 0) is 37.1 Å². The third-order valence-corrected chi connectivity index (χ3v) is 6.54. The second kappa shape index (κ2) is 12.6. The van der Waals surface area contributed by atoms with Gasteiger partial charge in [0.2, 0.25) is 0 Å². The van der Waals surface area contributed by atoms with Crippen molar-refractivity contribution in [1.82, 2.24) is 14.0 Å². The van der Waals surface area contributed by atoms with Crippen LogP contribution in [0.2, 0.25) is 0 Å². The zero-order chi connectivity index (χ0) is 23.9. The van der Waals surface area contributed by atoms with E-state index < -0.39 is 0 Å². The Hall–Kier alpha value is -3.03. The van der Waals surface area contributed by atoms with Crippen LogP contribution in [0.15, 0.2) is 70.4 Å². The van der Waals surface area contributed by atoms with E-state index in [-0.39, 0.29) is 23.7 Å². The van der Waals surface area contributed by atoms with Gasteiger partial charge in [-0.15, -0.1) is 12.4 Å². The number of piperazine rings is 1. The highest BCUT2D eigenvalue weighted by molar-refractivity contribution is 5.85. The first-order valence-corrected chi connectivity index (χ1v) is 12.1. The summed E-state index contributed by atoms with van der Waals surface area (Å²) < 4.78 is 8.60. The molecule has 1 saturated heterocycles. The van der Waals surface area contributed by atoms with Crippen LogP contribution in [0.4, 0.5) is 5.69 Å². The maximum atomic E-state index is 13.1. The highest BCUT2D eigenvalue weighted by Gasteiger charge is 2.19. The van der Waals surface area contributed by atoms with Gasteiger partial charge in [-0.1, -0.05) is 49.4 Å². The molecule has 1 aromatic heterocycles. The summed E-state index contributed by atoms with van der Waals surface area (Å²) in [5.74, 6) is 0.901. The van der Waals surface area contributed by atoms with E-state index in [0.717, 1.165) is 56.1 Å². The number of hydrogen-bond acceptors (Lipinski definition) is 5. The van der Waals surface area contributed by atoms with Crippen molar-refractivity contribution in [2.45, 2.75) is 32.9 Å². The quantitative estimate of drug-likeness (QED) is 0.453. The predicted octanol–water partition coefficient (Wildman–Crippen LogP) is 3.26. The summed E-state index contributed by atoms with van der Waals surface area (Å²) in [6.07, 6.45) is 3.10. The van der Waals surface area contributed by atoms with Crippen LogP contribution in [0.3, 0.4) is 0 Å². The number of aryl methyl sites for hydroxylation is 1. The van der Waals surface area contributed by atoms with Gasteiger partial charge < -0.3 is 9.64 Å². The minimum Gasteiger partial charge on any atom is -0.495 e. The molecule has 0 saturated carbocycles. The fourth-order valence-electron chi connectivity index (χ4n) is 4.60. The molecule has 0 atom stereocenters. The Bertz CT molecular complexity index is 1200. The smallest absolute Gasteiger partial charge is 0.331 e. The maximum Gasteiger partial charge on any atom is 0.331 e. The number of benzene rings is 2. The number of ether oxygens (including phenoxy) is 1. The lowest BCUT2D eigenvalue weighted by Crippen LogP contribution is -2.47. The average Bonchev–Trinajstić information content (AvgIpc) is 2.88. The number of aromatic nitrogens is 2. The van der Waals surface area contributed by atoms with Gasteiger partial charge in [0.05, 0.1) is 19.3 Å². The van der Waals surface area contributed by atoms with Gasteiger partial charge in [-0.3, -0.25) is 18.8 Å². The van der Waals surface area contributed by atoms with E-state index in [2.05, 4.69) is 15.9 Å². The predicted molar refractivity (Wildman–Crippen MR) is 143 cm³/mol. The van der Waals surface area contributed by atoms with Crippen molar-refractivity contribution in [3.63, 3.8) is 0 Å². The maximum absolute atomic E-state index is 13.1. The number of nitrogens with zero attached hydrogens (tertiary/aromatic N) is 4. The van der Waals surface area contributed by atoms with Gasteiger partial charge in [0.25, 0.3) is 5.56 Å². The molecule has 0 aliphatic carbocycles. The lowest BCUT2D eigenvalue weighted by Gasteiger charge is -2.36. The summed E-state index contributed by atoms with van der Waals surface area (Å²) in [6, 6.07) is 18.0. The van der Waals surface area contributed by atoms with Crippen molar-refractivity contribution in [1.29, 1.82) is 0 Å². The highest BCUT2D eigenvalue weighted by atomic mass is 35.5. The molecule has 35 heavy (non-hydrogen) atoms. The lowest BCUT2D eigenvalue weighted by molar-refractivity contribution is 0.248. The van der Waals surface area contributed by atoms with E-state index >= 15 is 0 Å². The Kier molecular flexibility index (Phi) is 9.57. The molecule has 7 nitrogen and oxygen atoms in total. The van der Waals surface area contributed by atoms with Gasteiger partial charge in [-0.25, -0.2) is 4.79 Å². The fraction of sp³-hybridized carbons (Fsp3) is 0.407. The SMILES string of the molecule is CCc1cn(Cc2ccccc2)c(=O)n(CCCN2CCN(c3ccccc3OC)CC2)c1=O.Cl. The Balaban J connectivity index is 0.00000342. The summed E-state index contributed by atoms with van der Waals surface area (Å²) in [7, 11) is 1.71. The van der Waals surface area contributed by atoms with E-state index in [0.29, 0.717) is 25.1 Å². The number of rotatable bonds is 9. The van der Waals surface area contributed by atoms with E-state index in [1.54, 1.807) is 17.9 Å². The Morgan fingerprint density at radius 3 is 2.26 bits per heavy atom. The molecule has 0 N–H and O–H groups in total. The van der Waals surface area contributed by atoms with Crippen LogP contribution in [-0.4, -0.2) is 53.9 Å². The van der Waals surface area contributed by atoms with Gasteiger partial charge in [0, 0.05) is 44.5 Å². The Labute approximate surface area is 213 Å². The fourth-order valence-corrected chi connectivity index (χ4v) is 4.60. The van der Waals surface area contributed by atoms with E-state index in [4.69, 9.17) is 4.74 Å². The number of methoxy groups -OCH3 is 1. The average molecular weight is 499 g/mol. The van der Waals surface area contributed by atoms with Crippen molar-refractivity contribution in [2.24, 2.45) is 0 Å². The normalized spacial score (nSPS) is 13.9. The lowest BCUT2D eigenvalue weighted by atomic mass is 10.2. The summed E-state index contributed by atoms with van der Waals surface area (Å²) >= 11 is 0. The number of para-hydroxylation sites is 2. The van der Waals surface area contributed by atoms with Crippen molar-refractivity contribution in [2.75, 3.05) is 44.7 Å². The molecule has 8 heteroatoms. The van der Waals surface area contributed by atoms with Gasteiger partial charge in [-0.2, -0.15) is 0 Å². The van der Waals surface area contributed by atoms with Crippen molar-refractivity contribution < 1.29 is 4.74 Å². The van der Waals surface area contributed by atoms with Crippen molar-refractivity contribution >= 4 is 18.1 Å². The molecule has 3 aromatic rings. The van der Waals surface area contributed by atoms with Gasteiger partial charge >= 0.3 is 5.69 Å². The summed E-state index contributed by atoms with van der Waals surface area (Å²) in [4.78, 5) is 30.7. The summed E-state index contributed by atoms with van der Waals surface area (Å²) in [5.41, 5.74) is 2.47. The first-order chi connectivity index (χ1) is 16.6. The van der Waals surface area contributed by atoms with Gasteiger partial charge in [0.1, 0.15) is 5.75 Å². The first kappa shape index (κ1) is 26.6. The second-order valence-corrected chi connectivity index (χ2v) is 8.71. The van der Waals surface area contributed by atoms with Crippen molar-refractivity contribution in [3.8, 4) is 5.75 Å². The monoisotopic (exact) mass is 498 g/mol. The number of halogens is 1. The largest absolute Gasteiger partial charge is 0.495 e. The topological polar surface area (TPSA) is 59.7 Å². The number of anilines is 1. The third-order valence-electron chi connectivity index (χ3n) is 6.54. The molecule has 2 aromatic carbocycles. The minimum absolute atomic E-state index is 0. The molecule has 0 radical (unpaired) electrons. The molecule has 2 heterocycles. The van der Waals surface area contributed by atoms with Gasteiger partial charge in [0.15, 0.2) is 0 Å². The van der Waals surface area contributed by atoms with E-state index in [1.165, 1.54) is 4.57 Å². The van der Waals surface area contributed by atoms with E-state index in [9.17, 15) is 9.59 Å². The zero-order valence-electron chi connectivity index (χ0n) is 20.6. The molecule has 4 rings (SSSR count). The van der Waals surface area contributed by atoms with E-state index in [1.807, 2.05) is 55.5 Å². The molecule has 0 unspecified atom stereocenters. The van der Waals surface area contributed by atoms with Crippen LogP contribution in [0, 0.1) is 0 Å². The number of hydrogen-bond donors (Lipinski definition) is 0. The molecular formula is C27H35ClN4O3. The molecule has 0 bridgehead atoms. The van der Waals surface area contributed by atoms with Crippen LogP contribution < -0.4 is 20.9 Å². The van der Waals surface area contributed by atoms with Crippen LogP contribution in [0.25, 0.3) is 0 Å². The Morgan fingerprint density at radius 2 is 1.57 bits per heavy atom. The van der Waals surface area contributed by atoms with Crippen molar-refractivity contribution in [3.05, 3.63) is 92.8 Å². The van der Waals surface area contributed by atoms with Crippen LogP contribution in [0.1, 0.15) is 24.5 Å². The highest BCUT2D eigenvalue weighted by Crippen LogP contribution is 2.28. The van der Waals surface area contributed by atoms with Crippen LogP contribution >= 0.6 is 12.4 Å². The standard InChI is InChI=1S/C27H34N4O3.ClH/c1-3-23-21-30(20-22-10-5-4-6-11-22)27(33)31(26(23)32)15-9-14-28-16-18-29(19-17-28)24-12-7-8-13-25(24)34-2;/h4-8,10-13,21H,3,9,14-20H2,1-2H3;1H. The summed E-state index contributed by atoms with van der Waals surface area (Å²) in [6.45, 7) is 7.47. The second-order valence-electron chi connectivity index (χ2n) is 8.71. The zero-order valence-corrected chi connectivity index (χ0v) is 21.4. The molecule has 1 aliphatic rings.